The summed E-state index contributed by atoms with van der Waals surface area (Å²) in [6.45, 7) is -0.528. The zero-order valence-corrected chi connectivity index (χ0v) is 18.9. The van der Waals surface area contributed by atoms with E-state index >= 15 is 0 Å². The molecule has 35 heavy (non-hydrogen) atoms. The molecule has 3 rings (SSSR count). The van der Waals surface area contributed by atoms with E-state index in [1.807, 2.05) is 0 Å². The molecule has 0 bridgehead atoms. The number of hydrogen-bond acceptors (Lipinski definition) is 6. The zero-order valence-electron chi connectivity index (χ0n) is 18.9. The summed E-state index contributed by atoms with van der Waals surface area (Å²) in [4.78, 5) is 48.4. The monoisotopic (exact) mass is 478 g/mol. The Morgan fingerprint density at radius 2 is 1.46 bits per heavy atom. The van der Waals surface area contributed by atoms with Crippen molar-refractivity contribution in [3.8, 4) is 5.75 Å². The molecule has 0 heterocycles. The third-order valence-electron chi connectivity index (χ3n) is 4.87. The number of halogens is 1. The average molecular weight is 478 g/mol. The van der Waals surface area contributed by atoms with Crippen molar-refractivity contribution in [1.82, 2.24) is 0 Å². The van der Waals surface area contributed by atoms with Crippen LogP contribution in [0, 0.1) is 5.82 Å². The van der Waals surface area contributed by atoms with Crippen LogP contribution in [0.4, 0.5) is 15.8 Å². The molecule has 3 aromatic carbocycles. The van der Waals surface area contributed by atoms with Crippen LogP contribution in [0.15, 0.2) is 72.8 Å². The van der Waals surface area contributed by atoms with Crippen LogP contribution in [0.2, 0.25) is 0 Å². The highest BCUT2D eigenvalue weighted by atomic mass is 19.1. The Kier molecular flexibility index (Phi) is 8.66. The van der Waals surface area contributed by atoms with Gasteiger partial charge in [-0.05, 0) is 60.7 Å². The molecule has 0 saturated heterocycles. The van der Waals surface area contributed by atoms with Gasteiger partial charge in [-0.15, -0.1) is 0 Å². The van der Waals surface area contributed by atoms with Gasteiger partial charge in [0.25, 0.3) is 11.8 Å². The van der Waals surface area contributed by atoms with Crippen LogP contribution < -0.4 is 15.4 Å². The summed E-state index contributed by atoms with van der Waals surface area (Å²) >= 11 is 0. The molecule has 0 saturated carbocycles. The zero-order chi connectivity index (χ0) is 25.2. The first kappa shape index (κ1) is 25.1. The number of rotatable bonds is 10. The summed E-state index contributed by atoms with van der Waals surface area (Å²) in [5.41, 5.74) is 1.59. The molecule has 0 unspecified atom stereocenters. The molecule has 2 N–H and O–H groups in total. The van der Waals surface area contributed by atoms with Crippen molar-refractivity contribution in [3.05, 3.63) is 89.7 Å². The largest absolute Gasteiger partial charge is 0.495 e. The lowest BCUT2D eigenvalue weighted by Gasteiger charge is -2.10. The average Bonchev–Trinajstić information content (AvgIpc) is 2.87. The van der Waals surface area contributed by atoms with Crippen molar-refractivity contribution in [3.63, 3.8) is 0 Å². The number of ketones is 1. The van der Waals surface area contributed by atoms with E-state index in [1.165, 1.54) is 43.5 Å². The third-order valence-corrected chi connectivity index (χ3v) is 4.87. The number of ether oxygens (including phenoxy) is 2. The van der Waals surface area contributed by atoms with Crippen LogP contribution in [-0.2, 0) is 14.3 Å². The van der Waals surface area contributed by atoms with E-state index in [-0.39, 0.29) is 30.1 Å². The normalized spacial score (nSPS) is 10.2. The molecule has 0 aliphatic rings. The maximum atomic E-state index is 12.9. The first-order valence-electron chi connectivity index (χ1n) is 10.6. The van der Waals surface area contributed by atoms with Crippen molar-refractivity contribution >= 4 is 34.9 Å². The number of hydrogen-bond donors (Lipinski definition) is 2. The van der Waals surface area contributed by atoms with Crippen LogP contribution in [0.5, 0.6) is 5.75 Å². The van der Waals surface area contributed by atoms with Crippen LogP contribution >= 0.6 is 0 Å². The van der Waals surface area contributed by atoms with E-state index in [0.29, 0.717) is 22.7 Å². The summed E-state index contributed by atoms with van der Waals surface area (Å²) in [5.74, 6) is -1.90. The van der Waals surface area contributed by atoms with Gasteiger partial charge in [0.15, 0.2) is 12.4 Å². The highest BCUT2D eigenvalue weighted by molar-refractivity contribution is 6.05. The minimum atomic E-state index is -0.709. The number of para-hydroxylation sites is 2. The highest BCUT2D eigenvalue weighted by Gasteiger charge is 2.13. The molecule has 0 fully saturated rings. The Balaban J connectivity index is 1.42. The van der Waals surface area contributed by atoms with Gasteiger partial charge in [-0.3, -0.25) is 19.2 Å². The van der Waals surface area contributed by atoms with Gasteiger partial charge in [0.2, 0.25) is 0 Å². The van der Waals surface area contributed by atoms with Gasteiger partial charge in [-0.2, -0.15) is 0 Å². The quantitative estimate of drug-likeness (QED) is 0.333. The van der Waals surface area contributed by atoms with Crippen LogP contribution in [-0.4, -0.2) is 37.3 Å². The Morgan fingerprint density at radius 1 is 0.800 bits per heavy atom. The number of carbonyl (C=O) groups excluding carboxylic acids is 4. The second kappa shape index (κ2) is 12.1. The number of anilines is 2. The molecule has 0 aliphatic carbocycles. The molecule has 0 atom stereocenters. The molecule has 8 nitrogen and oxygen atoms in total. The molecule has 9 heteroatoms. The summed E-state index contributed by atoms with van der Waals surface area (Å²) in [6, 6.07) is 18.1. The maximum absolute atomic E-state index is 12.9. The van der Waals surface area contributed by atoms with Crippen molar-refractivity contribution < 1.29 is 33.0 Å². The summed E-state index contributed by atoms with van der Waals surface area (Å²) in [6.07, 6.45) is -0.329. The van der Waals surface area contributed by atoms with Gasteiger partial charge in [0.05, 0.1) is 19.2 Å². The second-order valence-electron chi connectivity index (χ2n) is 7.37. The fraction of sp³-hybridized carbons (Fsp3) is 0.154. The lowest BCUT2D eigenvalue weighted by Crippen LogP contribution is -2.21. The lowest BCUT2D eigenvalue weighted by molar-refractivity contribution is -0.147. The van der Waals surface area contributed by atoms with Gasteiger partial charge in [0, 0.05) is 23.2 Å². The van der Waals surface area contributed by atoms with Crippen molar-refractivity contribution in [1.29, 1.82) is 0 Å². The van der Waals surface area contributed by atoms with Gasteiger partial charge < -0.3 is 20.1 Å². The van der Waals surface area contributed by atoms with E-state index in [1.54, 1.807) is 24.3 Å². The molecule has 180 valence electrons. The fourth-order valence-corrected chi connectivity index (χ4v) is 3.06. The summed E-state index contributed by atoms with van der Waals surface area (Å²) in [5, 5.41) is 5.31. The predicted octanol–water partition coefficient (Wildman–Crippen LogP) is 4.23. The van der Waals surface area contributed by atoms with E-state index in [4.69, 9.17) is 9.47 Å². The maximum Gasteiger partial charge on any atom is 0.306 e. The van der Waals surface area contributed by atoms with Gasteiger partial charge in [-0.1, -0.05) is 12.1 Å². The van der Waals surface area contributed by atoms with Gasteiger partial charge >= 0.3 is 5.97 Å². The number of methoxy groups -OCH3 is 1. The van der Waals surface area contributed by atoms with E-state index in [0.717, 1.165) is 12.1 Å². The summed E-state index contributed by atoms with van der Waals surface area (Å²) < 4.78 is 23.0. The second-order valence-corrected chi connectivity index (χ2v) is 7.37. The molecular weight excluding hydrogens is 455 g/mol. The van der Waals surface area contributed by atoms with Crippen LogP contribution in [0.3, 0.4) is 0 Å². The third kappa shape index (κ3) is 7.50. The molecule has 2 amide bonds. The van der Waals surface area contributed by atoms with Crippen molar-refractivity contribution in [2.24, 2.45) is 0 Å². The number of amides is 2. The fourth-order valence-electron chi connectivity index (χ4n) is 3.06. The van der Waals surface area contributed by atoms with Crippen molar-refractivity contribution in [2.45, 2.75) is 12.8 Å². The van der Waals surface area contributed by atoms with Crippen LogP contribution in [0.1, 0.15) is 33.6 Å². The Labute approximate surface area is 201 Å². The Morgan fingerprint density at radius 3 is 2.14 bits per heavy atom. The predicted molar refractivity (Wildman–Crippen MR) is 127 cm³/mol. The number of Topliss-reactive ketones (excluding diaryl/α,β-unsaturated/α-hetero) is 1. The molecule has 3 aromatic rings. The molecule has 0 aromatic heterocycles. The molecule has 0 aliphatic heterocycles. The first-order valence-corrected chi connectivity index (χ1v) is 10.6. The highest BCUT2D eigenvalue weighted by Crippen LogP contribution is 2.24. The Bertz CT molecular complexity index is 1210. The van der Waals surface area contributed by atoms with E-state index < -0.39 is 24.3 Å². The standard InChI is InChI=1S/C26H23FN2O6/c1-34-23-5-3-2-4-21(23)29-26(33)18-8-12-20(13-9-18)28-24(31)16-35-25(32)15-14-22(30)17-6-10-19(27)11-7-17/h2-13H,14-16H2,1H3,(H,28,31)(H,29,33). The number of nitrogens with one attached hydrogen (secondary N) is 2. The smallest absolute Gasteiger partial charge is 0.306 e. The summed E-state index contributed by atoms with van der Waals surface area (Å²) in [7, 11) is 1.51. The molecular formula is C26H23FN2O6. The molecule has 0 radical (unpaired) electrons. The van der Waals surface area contributed by atoms with Gasteiger partial charge in [-0.25, -0.2) is 4.39 Å². The van der Waals surface area contributed by atoms with E-state index in [9.17, 15) is 23.6 Å². The van der Waals surface area contributed by atoms with Crippen LogP contribution in [0.25, 0.3) is 0 Å². The SMILES string of the molecule is COc1ccccc1NC(=O)c1ccc(NC(=O)COC(=O)CCC(=O)c2ccc(F)cc2)cc1. The van der Waals surface area contributed by atoms with E-state index in [2.05, 4.69) is 10.6 Å². The molecule has 0 spiro atoms. The minimum absolute atomic E-state index is 0.121. The topological polar surface area (TPSA) is 111 Å². The Hall–Kier alpha value is -4.53. The first-order chi connectivity index (χ1) is 16.9. The minimum Gasteiger partial charge on any atom is -0.495 e. The number of carbonyl (C=O) groups is 4. The number of benzene rings is 3. The number of esters is 1. The van der Waals surface area contributed by atoms with Gasteiger partial charge in [0.1, 0.15) is 11.6 Å². The van der Waals surface area contributed by atoms with Crippen molar-refractivity contribution in [2.75, 3.05) is 24.4 Å². The lowest BCUT2D eigenvalue weighted by atomic mass is 10.1.